The predicted molar refractivity (Wildman–Crippen MR) is 122 cm³/mol. The Labute approximate surface area is 188 Å². The first kappa shape index (κ1) is 21.5. The van der Waals surface area contributed by atoms with Crippen LogP contribution in [0.15, 0.2) is 54.6 Å². The van der Waals surface area contributed by atoms with Crippen LogP contribution in [0, 0.1) is 17.2 Å². The molecule has 0 aliphatic carbocycles. The lowest BCUT2D eigenvalue weighted by Crippen LogP contribution is -2.25. The minimum absolute atomic E-state index is 0.116. The van der Waals surface area contributed by atoms with Gasteiger partial charge in [-0.1, -0.05) is 26.8 Å². The normalized spacial score (nSPS) is 15.8. The van der Waals surface area contributed by atoms with Crippen molar-refractivity contribution >= 4 is 5.91 Å². The number of carbonyl (C=O) groups excluding carboxylic acids is 1. The second kappa shape index (κ2) is 9.19. The fourth-order valence-electron chi connectivity index (χ4n) is 3.87. The molecule has 1 saturated heterocycles. The monoisotopic (exact) mass is 426 g/mol. The highest BCUT2D eigenvalue weighted by atomic mass is 16.5. The zero-order valence-corrected chi connectivity index (χ0v) is 18.6. The third kappa shape index (κ3) is 4.62. The maximum absolute atomic E-state index is 12.3. The van der Waals surface area contributed by atoms with Crippen molar-refractivity contribution in [1.82, 2.24) is 15.1 Å². The van der Waals surface area contributed by atoms with Gasteiger partial charge in [-0.2, -0.15) is 15.5 Å². The highest BCUT2D eigenvalue weighted by Gasteiger charge is 2.28. The van der Waals surface area contributed by atoms with Crippen LogP contribution in [0.2, 0.25) is 0 Å². The van der Waals surface area contributed by atoms with Crippen molar-refractivity contribution in [2.45, 2.75) is 39.7 Å². The number of likely N-dealkylation sites (tertiary alicyclic amines) is 1. The molecule has 32 heavy (non-hydrogen) atoms. The summed E-state index contributed by atoms with van der Waals surface area (Å²) in [6, 6.07) is 19.2. The molecule has 0 N–H and O–H groups in total. The standard InChI is InChI=1S/C26H26N4O2/c1-17(2)23-11-12-24(29-28-23)19-7-9-21(10-8-19)32-25-6-4-5-20(14-27)22(25)16-30-15-18(3)13-26(30)31/h4-12,17-18H,13,15-16H2,1-3H3. The van der Waals surface area contributed by atoms with E-state index in [1.54, 1.807) is 17.0 Å². The summed E-state index contributed by atoms with van der Waals surface area (Å²) in [5.41, 5.74) is 3.96. The molecule has 1 unspecified atom stereocenters. The Morgan fingerprint density at radius 3 is 2.50 bits per heavy atom. The van der Waals surface area contributed by atoms with Gasteiger partial charge in [-0.05, 0) is 60.4 Å². The van der Waals surface area contributed by atoms with E-state index in [0.29, 0.717) is 48.4 Å². The summed E-state index contributed by atoms with van der Waals surface area (Å²) < 4.78 is 6.14. The summed E-state index contributed by atoms with van der Waals surface area (Å²) in [5, 5.41) is 18.2. The molecule has 6 heteroatoms. The van der Waals surface area contributed by atoms with Gasteiger partial charge in [0.1, 0.15) is 11.5 Å². The van der Waals surface area contributed by atoms with Gasteiger partial charge in [-0.25, -0.2) is 0 Å². The Kier molecular flexibility index (Phi) is 6.18. The molecule has 0 spiro atoms. The Morgan fingerprint density at radius 1 is 1.12 bits per heavy atom. The van der Waals surface area contributed by atoms with E-state index in [2.05, 4.69) is 37.0 Å². The Morgan fingerprint density at radius 2 is 1.91 bits per heavy atom. The number of aromatic nitrogens is 2. The molecule has 4 rings (SSSR count). The van der Waals surface area contributed by atoms with Gasteiger partial charge in [0.05, 0.1) is 29.6 Å². The predicted octanol–water partition coefficient (Wildman–Crippen LogP) is 5.30. The molecule has 162 valence electrons. The second-order valence-corrected chi connectivity index (χ2v) is 8.60. The van der Waals surface area contributed by atoms with E-state index in [1.165, 1.54) is 0 Å². The molecule has 2 aromatic carbocycles. The van der Waals surface area contributed by atoms with Crippen LogP contribution in [-0.2, 0) is 11.3 Å². The van der Waals surface area contributed by atoms with Gasteiger partial charge in [0.15, 0.2) is 0 Å². The molecule has 0 saturated carbocycles. The summed E-state index contributed by atoms with van der Waals surface area (Å²) in [5.74, 6) is 2.02. The Bertz CT molecular complexity index is 1150. The molecule has 0 bridgehead atoms. The van der Waals surface area contributed by atoms with E-state index < -0.39 is 0 Å². The number of nitrogens with zero attached hydrogens (tertiary/aromatic N) is 4. The molecule has 1 amide bonds. The number of hydrogen-bond acceptors (Lipinski definition) is 5. The summed E-state index contributed by atoms with van der Waals surface area (Å²) >= 11 is 0. The first-order valence-corrected chi connectivity index (χ1v) is 10.9. The lowest BCUT2D eigenvalue weighted by Gasteiger charge is -2.19. The summed E-state index contributed by atoms with van der Waals surface area (Å²) in [7, 11) is 0. The van der Waals surface area contributed by atoms with Crippen molar-refractivity contribution in [3.8, 4) is 28.8 Å². The molecule has 6 nitrogen and oxygen atoms in total. The van der Waals surface area contributed by atoms with E-state index in [0.717, 1.165) is 22.5 Å². The molecule has 3 aromatic rings. The van der Waals surface area contributed by atoms with Crippen LogP contribution >= 0.6 is 0 Å². The second-order valence-electron chi connectivity index (χ2n) is 8.60. The van der Waals surface area contributed by atoms with Crippen LogP contribution in [0.5, 0.6) is 11.5 Å². The van der Waals surface area contributed by atoms with E-state index >= 15 is 0 Å². The van der Waals surface area contributed by atoms with Crippen LogP contribution < -0.4 is 4.74 Å². The molecule has 1 aromatic heterocycles. The minimum Gasteiger partial charge on any atom is -0.457 e. The SMILES string of the molecule is CC1CC(=O)N(Cc2c(C#N)cccc2Oc2ccc(-c3ccc(C(C)C)nn3)cc2)C1. The van der Waals surface area contributed by atoms with E-state index in [1.807, 2.05) is 42.5 Å². The van der Waals surface area contributed by atoms with Gasteiger partial charge >= 0.3 is 0 Å². The maximum Gasteiger partial charge on any atom is 0.223 e. The van der Waals surface area contributed by atoms with Gasteiger partial charge in [-0.3, -0.25) is 4.79 Å². The fraction of sp³-hybridized carbons (Fsp3) is 0.308. The van der Waals surface area contributed by atoms with Gasteiger partial charge in [0.2, 0.25) is 5.91 Å². The average Bonchev–Trinajstić information content (AvgIpc) is 3.12. The molecule has 1 aliphatic rings. The topological polar surface area (TPSA) is 79.1 Å². The molecule has 1 aliphatic heterocycles. The van der Waals surface area contributed by atoms with E-state index in [9.17, 15) is 10.1 Å². The first-order valence-electron chi connectivity index (χ1n) is 10.9. The van der Waals surface area contributed by atoms with Crippen LogP contribution in [0.3, 0.4) is 0 Å². The lowest BCUT2D eigenvalue weighted by molar-refractivity contribution is -0.128. The fourth-order valence-corrected chi connectivity index (χ4v) is 3.87. The Hall–Kier alpha value is -3.72. The van der Waals surface area contributed by atoms with Crippen LogP contribution in [0.1, 0.15) is 49.9 Å². The third-order valence-electron chi connectivity index (χ3n) is 5.66. The lowest BCUT2D eigenvalue weighted by atomic mass is 10.1. The van der Waals surface area contributed by atoms with Crippen molar-refractivity contribution in [3.63, 3.8) is 0 Å². The molecular weight excluding hydrogens is 400 g/mol. The van der Waals surface area contributed by atoms with Crippen molar-refractivity contribution < 1.29 is 9.53 Å². The number of carbonyl (C=O) groups is 1. The number of benzene rings is 2. The first-order chi connectivity index (χ1) is 15.4. The van der Waals surface area contributed by atoms with Crippen molar-refractivity contribution in [1.29, 1.82) is 5.26 Å². The van der Waals surface area contributed by atoms with Crippen molar-refractivity contribution in [3.05, 3.63) is 71.4 Å². The zero-order chi connectivity index (χ0) is 22.7. The summed E-state index contributed by atoms with van der Waals surface area (Å²) in [4.78, 5) is 14.1. The number of nitriles is 1. The molecule has 0 radical (unpaired) electrons. The maximum atomic E-state index is 12.3. The average molecular weight is 427 g/mol. The molecule has 2 heterocycles. The van der Waals surface area contributed by atoms with Gasteiger partial charge in [-0.15, -0.1) is 0 Å². The van der Waals surface area contributed by atoms with E-state index in [-0.39, 0.29) is 5.91 Å². The number of rotatable bonds is 6. The largest absolute Gasteiger partial charge is 0.457 e. The minimum atomic E-state index is 0.116. The highest BCUT2D eigenvalue weighted by molar-refractivity contribution is 5.78. The van der Waals surface area contributed by atoms with Crippen LogP contribution in [0.4, 0.5) is 0 Å². The van der Waals surface area contributed by atoms with E-state index in [4.69, 9.17) is 4.74 Å². The van der Waals surface area contributed by atoms with Gasteiger partial charge < -0.3 is 9.64 Å². The summed E-state index contributed by atoms with van der Waals surface area (Å²) in [6.45, 7) is 7.31. The highest BCUT2D eigenvalue weighted by Crippen LogP contribution is 2.31. The van der Waals surface area contributed by atoms with Crippen molar-refractivity contribution in [2.24, 2.45) is 5.92 Å². The van der Waals surface area contributed by atoms with Crippen LogP contribution in [0.25, 0.3) is 11.3 Å². The number of ether oxygens (including phenoxy) is 1. The molecule has 1 fully saturated rings. The number of hydrogen-bond donors (Lipinski definition) is 0. The quantitative estimate of drug-likeness (QED) is 0.534. The van der Waals surface area contributed by atoms with Crippen LogP contribution in [-0.4, -0.2) is 27.5 Å². The van der Waals surface area contributed by atoms with Crippen molar-refractivity contribution in [2.75, 3.05) is 6.54 Å². The molecular formula is C26H26N4O2. The van der Waals surface area contributed by atoms with Gasteiger partial charge in [0, 0.05) is 24.1 Å². The number of amides is 1. The third-order valence-corrected chi connectivity index (χ3v) is 5.66. The zero-order valence-electron chi connectivity index (χ0n) is 18.6. The molecule has 1 atom stereocenters. The summed E-state index contributed by atoms with van der Waals surface area (Å²) in [6.07, 6.45) is 0.549. The van der Waals surface area contributed by atoms with Gasteiger partial charge in [0.25, 0.3) is 0 Å². The Balaban J connectivity index is 1.55. The smallest absolute Gasteiger partial charge is 0.223 e.